The summed E-state index contributed by atoms with van der Waals surface area (Å²) in [6, 6.07) is 17.1. The molecule has 0 radical (unpaired) electrons. The van der Waals surface area contributed by atoms with Crippen molar-refractivity contribution in [2.45, 2.75) is 44.8 Å². The molecule has 1 aliphatic rings. The number of benzene rings is 2. The van der Waals surface area contributed by atoms with Gasteiger partial charge in [0.15, 0.2) is 0 Å². The summed E-state index contributed by atoms with van der Waals surface area (Å²) >= 11 is 1.63. The summed E-state index contributed by atoms with van der Waals surface area (Å²) in [6.45, 7) is 6.50. The highest BCUT2D eigenvalue weighted by molar-refractivity contribution is 7.99. The molecule has 0 spiro atoms. The number of hydrogen-bond donors (Lipinski definition) is 2. The van der Waals surface area contributed by atoms with Crippen LogP contribution in [0.5, 0.6) is 5.75 Å². The molecule has 2 aromatic carbocycles. The predicted octanol–water partition coefficient (Wildman–Crippen LogP) is 6.16. The van der Waals surface area contributed by atoms with E-state index in [0.717, 1.165) is 29.9 Å². The highest BCUT2D eigenvalue weighted by atomic mass is 32.2. The van der Waals surface area contributed by atoms with E-state index in [1.54, 1.807) is 16.4 Å². The zero-order valence-corrected chi connectivity index (χ0v) is 21.1. The van der Waals surface area contributed by atoms with Gasteiger partial charge in [0.05, 0.1) is 17.9 Å². The Balaban J connectivity index is 1.67. The zero-order valence-electron chi connectivity index (χ0n) is 20.3. The number of carbonyl (C=O) groups is 1. The minimum absolute atomic E-state index is 0.216. The third-order valence-corrected chi connectivity index (χ3v) is 6.48. The zero-order chi connectivity index (χ0) is 24.6. The second kappa shape index (κ2) is 11.8. The quantitative estimate of drug-likeness (QED) is 0.262. The van der Waals surface area contributed by atoms with Crippen LogP contribution in [-0.4, -0.2) is 33.0 Å². The van der Waals surface area contributed by atoms with Crippen molar-refractivity contribution in [2.24, 2.45) is 0 Å². The van der Waals surface area contributed by atoms with Gasteiger partial charge in [-0.05, 0) is 38.0 Å². The van der Waals surface area contributed by atoms with Crippen molar-refractivity contribution in [3.63, 3.8) is 0 Å². The van der Waals surface area contributed by atoms with E-state index in [1.165, 1.54) is 0 Å². The summed E-state index contributed by atoms with van der Waals surface area (Å²) in [4.78, 5) is 18.3. The van der Waals surface area contributed by atoms with Gasteiger partial charge in [0.2, 0.25) is 11.1 Å². The Morgan fingerprint density at radius 1 is 1.17 bits per heavy atom. The molecule has 0 saturated heterocycles. The van der Waals surface area contributed by atoms with Gasteiger partial charge < -0.3 is 15.4 Å². The van der Waals surface area contributed by atoms with Crippen LogP contribution in [0.25, 0.3) is 6.08 Å². The van der Waals surface area contributed by atoms with Crippen LogP contribution in [0, 0.1) is 0 Å². The lowest BCUT2D eigenvalue weighted by Crippen LogP contribution is -2.30. The molecule has 1 aromatic heterocycles. The van der Waals surface area contributed by atoms with Gasteiger partial charge in [0, 0.05) is 11.4 Å². The van der Waals surface area contributed by atoms with Gasteiger partial charge in [0.1, 0.15) is 11.8 Å². The number of nitrogens with zero attached hydrogens (tertiary/aromatic N) is 3. The van der Waals surface area contributed by atoms with Crippen LogP contribution in [0.15, 0.2) is 77.1 Å². The molecule has 35 heavy (non-hydrogen) atoms. The molecule has 1 unspecified atom stereocenters. The first-order chi connectivity index (χ1) is 17.1. The van der Waals surface area contributed by atoms with Crippen molar-refractivity contribution in [3.8, 4) is 5.75 Å². The van der Waals surface area contributed by atoms with Crippen molar-refractivity contribution < 1.29 is 9.53 Å². The largest absolute Gasteiger partial charge is 0.492 e. The molecule has 8 heteroatoms. The lowest BCUT2D eigenvalue weighted by atomic mass is 10.0. The van der Waals surface area contributed by atoms with Gasteiger partial charge in [-0.2, -0.15) is 4.98 Å². The van der Waals surface area contributed by atoms with Crippen molar-refractivity contribution in [2.75, 3.05) is 23.0 Å². The van der Waals surface area contributed by atoms with Crippen LogP contribution in [0.3, 0.4) is 0 Å². The number of unbranched alkanes of at least 4 members (excludes halogenated alkanes) is 1. The van der Waals surface area contributed by atoms with Gasteiger partial charge in [-0.3, -0.25) is 4.79 Å². The van der Waals surface area contributed by atoms with E-state index >= 15 is 0 Å². The number of fused-ring (bicyclic) bond motifs is 1. The molecule has 1 aliphatic heterocycles. The summed E-state index contributed by atoms with van der Waals surface area (Å²) in [6.07, 6.45) is 6.24. The molecule has 3 aromatic rings. The standard InChI is InChI=1S/C27H31N5O2S/c1-4-6-18-35-27-30-26-28-19(3)24(25(33)29-21-14-10-11-15-23(21)34-5-2)22(32(26)31-27)17-16-20-12-8-7-9-13-20/h7-17,22H,4-6,18H2,1-3H3,(H,29,33)(H,28,30,31)/b17-16+. The third kappa shape index (κ3) is 5.95. The Morgan fingerprint density at radius 3 is 2.71 bits per heavy atom. The minimum atomic E-state index is -0.418. The van der Waals surface area contributed by atoms with Crippen LogP contribution in [0.2, 0.25) is 0 Å². The van der Waals surface area contributed by atoms with Crippen molar-refractivity contribution in [3.05, 3.63) is 77.5 Å². The molecule has 4 rings (SSSR count). The topological polar surface area (TPSA) is 81.1 Å². The summed E-state index contributed by atoms with van der Waals surface area (Å²) in [5.41, 5.74) is 2.99. The molecule has 2 heterocycles. The predicted molar refractivity (Wildman–Crippen MR) is 143 cm³/mol. The smallest absolute Gasteiger partial charge is 0.255 e. The number of nitrogens with one attached hydrogen (secondary N) is 2. The maximum Gasteiger partial charge on any atom is 0.255 e. The Hall–Kier alpha value is -3.52. The molecular weight excluding hydrogens is 458 g/mol. The number of hydrogen-bond acceptors (Lipinski definition) is 6. The lowest BCUT2D eigenvalue weighted by molar-refractivity contribution is -0.113. The molecule has 2 N–H and O–H groups in total. The van der Waals surface area contributed by atoms with E-state index in [-0.39, 0.29) is 5.91 Å². The monoisotopic (exact) mass is 489 g/mol. The lowest BCUT2D eigenvalue weighted by Gasteiger charge is -2.26. The van der Waals surface area contributed by atoms with Gasteiger partial charge in [0.25, 0.3) is 5.91 Å². The minimum Gasteiger partial charge on any atom is -0.492 e. The molecule has 7 nitrogen and oxygen atoms in total. The SMILES string of the molecule is CCCCSc1nc2n(n1)C(/C=C/c1ccccc1)C(C(=O)Nc1ccccc1OCC)=C(C)N2. The summed E-state index contributed by atoms with van der Waals surface area (Å²) in [7, 11) is 0. The number of ether oxygens (including phenoxy) is 1. The van der Waals surface area contributed by atoms with Crippen molar-refractivity contribution in [1.29, 1.82) is 0 Å². The number of thioether (sulfide) groups is 1. The van der Waals surface area contributed by atoms with Crippen LogP contribution >= 0.6 is 11.8 Å². The molecular formula is C27H31N5O2S. The number of para-hydroxylation sites is 2. The van der Waals surface area contributed by atoms with Crippen LogP contribution in [0.4, 0.5) is 11.6 Å². The van der Waals surface area contributed by atoms with Crippen LogP contribution in [0.1, 0.15) is 45.2 Å². The maximum absolute atomic E-state index is 13.6. The number of carbonyl (C=O) groups excluding carboxylic acids is 1. The second-order valence-electron chi connectivity index (χ2n) is 8.13. The maximum atomic E-state index is 13.6. The fourth-order valence-electron chi connectivity index (χ4n) is 3.82. The van der Waals surface area contributed by atoms with Crippen LogP contribution in [-0.2, 0) is 4.79 Å². The van der Waals surface area contributed by atoms with E-state index in [4.69, 9.17) is 9.84 Å². The highest BCUT2D eigenvalue weighted by Crippen LogP contribution is 2.34. The first-order valence-electron chi connectivity index (χ1n) is 11.9. The Morgan fingerprint density at radius 2 is 1.94 bits per heavy atom. The fraction of sp³-hybridized carbons (Fsp3) is 0.296. The van der Waals surface area contributed by atoms with Gasteiger partial charge in [-0.25, -0.2) is 4.68 Å². The molecule has 1 amide bonds. The first-order valence-corrected chi connectivity index (χ1v) is 12.9. The second-order valence-corrected chi connectivity index (χ2v) is 9.19. The van der Waals surface area contributed by atoms with E-state index in [1.807, 2.05) is 80.6 Å². The summed E-state index contributed by atoms with van der Waals surface area (Å²) in [5.74, 6) is 2.01. The normalized spacial score (nSPS) is 15.1. The molecule has 182 valence electrons. The van der Waals surface area contributed by atoms with Gasteiger partial charge >= 0.3 is 0 Å². The molecule has 1 atom stereocenters. The van der Waals surface area contributed by atoms with Crippen LogP contribution < -0.4 is 15.4 Å². The number of allylic oxidation sites excluding steroid dienone is 2. The number of amides is 1. The number of anilines is 2. The van der Waals surface area contributed by atoms with Gasteiger partial charge in [-0.15, -0.1) is 5.10 Å². The van der Waals surface area contributed by atoms with E-state index in [0.29, 0.717) is 34.7 Å². The highest BCUT2D eigenvalue weighted by Gasteiger charge is 2.32. The Bertz CT molecular complexity index is 1220. The summed E-state index contributed by atoms with van der Waals surface area (Å²) < 4.78 is 7.50. The average molecular weight is 490 g/mol. The summed E-state index contributed by atoms with van der Waals surface area (Å²) in [5, 5.41) is 11.8. The molecule has 0 fully saturated rings. The number of rotatable bonds is 10. The van der Waals surface area contributed by atoms with Crippen molar-refractivity contribution in [1.82, 2.24) is 14.8 Å². The van der Waals surface area contributed by atoms with Gasteiger partial charge in [-0.1, -0.05) is 79.7 Å². The fourth-order valence-corrected chi connectivity index (χ4v) is 4.73. The van der Waals surface area contributed by atoms with E-state index in [9.17, 15) is 4.79 Å². The molecule has 0 bridgehead atoms. The number of aromatic nitrogens is 3. The first kappa shape index (κ1) is 24.6. The van der Waals surface area contributed by atoms with E-state index in [2.05, 4.69) is 22.5 Å². The molecule has 0 aliphatic carbocycles. The molecule has 0 saturated carbocycles. The van der Waals surface area contributed by atoms with E-state index < -0.39 is 6.04 Å². The Labute approximate surface area is 210 Å². The Kier molecular flexibility index (Phi) is 8.26. The third-order valence-electron chi connectivity index (χ3n) is 5.55. The average Bonchev–Trinajstić information content (AvgIpc) is 3.26. The van der Waals surface area contributed by atoms with Crippen molar-refractivity contribution >= 4 is 35.4 Å².